The predicted molar refractivity (Wildman–Crippen MR) is 104 cm³/mol. The van der Waals surface area contributed by atoms with Crippen LogP contribution >= 0.6 is 0 Å². The standard InChI is InChI=1S/C21H23N3O3/c1-4-19-23-17-10-5-6-11-18(17)24(19)13-20(25)27-15(3)21(26)22-16-9-7-8-14(2)12-16/h5-12,15H,4,13H2,1-3H3,(H,22,26). The Balaban J connectivity index is 1.66. The van der Waals surface area contributed by atoms with Gasteiger partial charge in [0, 0.05) is 12.1 Å². The van der Waals surface area contributed by atoms with Crippen molar-refractivity contribution in [3.8, 4) is 0 Å². The van der Waals surface area contributed by atoms with Crippen LogP contribution in [-0.2, 0) is 27.3 Å². The van der Waals surface area contributed by atoms with Crippen molar-refractivity contribution in [3.63, 3.8) is 0 Å². The van der Waals surface area contributed by atoms with Gasteiger partial charge in [-0.3, -0.25) is 9.59 Å². The van der Waals surface area contributed by atoms with E-state index in [4.69, 9.17) is 4.74 Å². The van der Waals surface area contributed by atoms with Gasteiger partial charge in [0.2, 0.25) is 0 Å². The molecule has 6 nitrogen and oxygen atoms in total. The molecule has 0 aliphatic rings. The third-order valence-corrected chi connectivity index (χ3v) is 4.30. The third kappa shape index (κ3) is 4.34. The number of imidazole rings is 1. The molecule has 0 aliphatic heterocycles. The Morgan fingerprint density at radius 2 is 1.96 bits per heavy atom. The first-order chi connectivity index (χ1) is 13.0. The van der Waals surface area contributed by atoms with E-state index in [1.165, 1.54) is 0 Å². The zero-order valence-corrected chi connectivity index (χ0v) is 15.7. The van der Waals surface area contributed by atoms with E-state index in [0.717, 1.165) is 22.4 Å². The maximum atomic E-state index is 12.4. The Morgan fingerprint density at radius 3 is 2.70 bits per heavy atom. The average molecular weight is 365 g/mol. The van der Waals surface area contributed by atoms with Crippen LogP contribution in [0, 0.1) is 6.92 Å². The van der Waals surface area contributed by atoms with Gasteiger partial charge in [-0.2, -0.15) is 0 Å². The zero-order chi connectivity index (χ0) is 19.4. The van der Waals surface area contributed by atoms with Crippen molar-refractivity contribution in [2.24, 2.45) is 0 Å². The number of aromatic nitrogens is 2. The van der Waals surface area contributed by atoms with Crippen LogP contribution in [0.15, 0.2) is 48.5 Å². The fourth-order valence-corrected chi connectivity index (χ4v) is 2.96. The van der Waals surface area contributed by atoms with Crippen LogP contribution < -0.4 is 5.32 Å². The molecule has 1 amide bonds. The molecule has 0 bridgehead atoms. The SMILES string of the molecule is CCc1nc2ccccc2n1CC(=O)OC(C)C(=O)Nc1cccc(C)c1. The van der Waals surface area contributed by atoms with Gasteiger partial charge in [-0.1, -0.05) is 31.2 Å². The number of amides is 1. The summed E-state index contributed by atoms with van der Waals surface area (Å²) in [5.74, 6) is -0.0232. The van der Waals surface area contributed by atoms with Crippen molar-refractivity contribution in [2.75, 3.05) is 5.32 Å². The summed E-state index contributed by atoms with van der Waals surface area (Å²) in [6.07, 6.45) is -0.191. The summed E-state index contributed by atoms with van der Waals surface area (Å²) in [7, 11) is 0. The summed E-state index contributed by atoms with van der Waals surface area (Å²) in [4.78, 5) is 29.2. The van der Waals surface area contributed by atoms with Gasteiger partial charge >= 0.3 is 5.97 Å². The van der Waals surface area contributed by atoms with Gasteiger partial charge < -0.3 is 14.6 Å². The van der Waals surface area contributed by atoms with Gasteiger partial charge in [0.15, 0.2) is 6.10 Å². The van der Waals surface area contributed by atoms with E-state index in [2.05, 4.69) is 10.3 Å². The Labute approximate surface area is 158 Å². The largest absolute Gasteiger partial charge is 0.451 e. The molecule has 1 aromatic heterocycles. The molecule has 0 spiro atoms. The highest BCUT2D eigenvalue weighted by molar-refractivity contribution is 5.95. The molecule has 1 N–H and O–H groups in total. The molecule has 3 aromatic rings. The molecule has 0 fully saturated rings. The molecule has 1 atom stereocenters. The minimum atomic E-state index is -0.891. The first-order valence-corrected chi connectivity index (χ1v) is 8.99. The minimum Gasteiger partial charge on any atom is -0.451 e. The molecule has 2 aromatic carbocycles. The molecule has 140 valence electrons. The second kappa shape index (κ2) is 8.03. The normalized spacial score (nSPS) is 12.0. The Kier molecular flexibility index (Phi) is 5.54. The summed E-state index contributed by atoms with van der Waals surface area (Å²) in [6.45, 7) is 5.52. The Bertz CT molecular complexity index is 978. The smallest absolute Gasteiger partial charge is 0.326 e. The summed E-state index contributed by atoms with van der Waals surface area (Å²) in [6, 6.07) is 15.1. The maximum absolute atomic E-state index is 12.4. The van der Waals surface area contributed by atoms with Gasteiger partial charge in [0.05, 0.1) is 11.0 Å². The van der Waals surface area contributed by atoms with Crippen molar-refractivity contribution in [3.05, 3.63) is 59.9 Å². The molecular formula is C21H23N3O3. The first-order valence-electron chi connectivity index (χ1n) is 8.99. The number of para-hydroxylation sites is 2. The number of nitrogens with zero attached hydrogens (tertiary/aromatic N) is 2. The van der Waals surface area contributed by atoms with Gasteiger partial charge in [-0.15, -0.1) is 0 Å². The average Bonchev–Trinajstić information content (AvgIpc) is 2.99. The van der Waals surface area contributed by atoms with E-state index in [1.54, 1.807) is 13.0 Å². The van der Waals surface area contributed by atoms with Crippen LogP contribution in [0.4, 0.5) is 5.69 Å². The number of rotatable bonds is 6. The van der Waals surface area contributed by atoms with E-state index in [-0.39, 0.29) is 12.5 Å². The number of carbonyl (C=O) groups is 2. The van der Waals surface area contributed by atoms with Crippen LogP contribution in [-0.4, -0.2) is 27.5 Å². The molecular weight excluding hydrogens is 342 g/mol. The molecule has 27 heavy (non-hydrogen) atoms. The number of benzene rings is 2. The number of anilines is 1. The molecule has 0 radical (unpaired) electrons. The minimum absolute atomic E-state index is 0.0196. The van der Waals surface area contributed by atoms with Gasteiger partial charge in [-0.25, -0.2) is 4.98 Å². The van der Waals surface area contributed by atoms with Crippen molar-refractivity contribution in [2.45, 2.75) is 39.8 Å². The topological polar surface area (TPSA) is 73.2 Å². The molecule has 0 saturated carbocycles. The van der Waals surface area contributed by atoms with E-state index in [1.807, 2.05) is 60.9 Å². The molecule has 3 rings (SSSR count). The summed E-state index contributed by atoms with van der Waals surface area (Å²) >= 11 is 0. The van der Waals surface area contributed by atoms with Crippen LogP contribution in [0.5, 0.6) is 0 Å². The monoisotopic (exact) mass is 365 g/mol. The van der Waals surface area contributed by atoms with Gasteiger partial charge in [-0.05, 0) is 43.7 Å². The lowest BCUT2D eigenvalue weighted by molar-refractivity contribution is -0.153. The summed E-state index contributed by atoms with van der Waals surface area (Å²) < 4.78 is 7.17. The van der Waals surface area contributed by atoms with Crippen LogP contribution in [0.1, 0.15) is 25.2 Å². The second-order valence-electron chi connectivity index (χ2n) is 6.45. The number of aryl methyl sites for hydroxylation is 2. The second-order valence-corrected chi connectivity index (χ2v) is 6.45. The fraction of sp³-hybridized carbons (Fsp3) is 0.286. The molecule has 1 heterocycles. The quantitative estimate of drug-likeness (QED) is 0.679. The summed E-state index contributed by atoms with van der Waals surface area (Å²) in [5, 5.41) is 2.76. The number of esters is 1. The molecule has 1 unspecified atom stereocenters. The highest BCUT2D eigenvalue weighted by Crippen LogP contribution is 2.17. The van der Waals surface area contributed by atoms with E-state index in [0.29, 0.717) is 12.1 Å². The van der Waals surface area contributed by atoms with E-state index >= 15 is 0 Å². The number of fused-ring (bicyclic) bond motifs is 1. The fourth-order valence-electron chi connectivity index (χ4n) is 2.96. The Morgan fingerprint density at radius 1 is 1.19 bits per heavy atom. The van der Waals surface area contributed by atoms with E-state index in [9.17, 15) is 9.59 Å². The van der Waals surface area contributed by atoms with Crippen LogP contribution in [0.2, 0.25) is 0 Å². The van der Waals surface area contributed by atoms with Crippen molar-refractivity contribution < 1.29 is 14.3 Å². The first kappa shape index (κ1) is 18.6. The lowest BCUT2D eigenvalue weighted by atomic mass is 10.2. The number of nitrogens with one attached hydrogen (secondary N) is 1. The van der Waals surface area contributed by atoms with Gasteiger partial charge in [0.1, 0.15) is 12.4 Å². The number of carbonyl (C=O) groups excluding carboxylic acids is 2. The number of hydrogen-bond donors (Lipinski definition) is 1. The lowest BCUT2D eigenvalue weighted by Gasteiger charge is -2.15. The molecule has 6 heteroatoms. The molecule has 0 aliphatic carbocycles. The lowest BCUT2D eigenvalue weighted by Crippen LogP contribution is -2.31. The predicted octanol–water partition coefficient (Wildman–Crippen LogP) is 3.48. The van der Waals surface area contributed by atoms with Crippen LogP contribution in [0.25, 0.3) is 11.0 Å². The number of ether oxygens (including phenoxy) is 1. The molecule has 0 saturated heterocycles. The van der Waals surface area contributed by atoms with E-state index < -0.39 is 12.1 Å². The summed E-state index contributed by atoms with van der Waals surface area (Å²) in [5.41, 5.74) is 3.43. The van der Waals surface area contributed by atoms with Crippen molar-refractivity contribution in [1.29, 1.82) is 0 Å². The van der Waals surface area contributed by atoms with Gasteiger partial charge in [0.25, 0.3) is 5.91 Å². The zero-order valence-electron chi connectivity index (χ0n) is 15.7. The van der Waals surface area contributed by atoms with Crippen molar-refractivity contribution >= 4 is 28.6 Å². The van der Waals surface area contributed by atoms with Crippen molar-refractivity contribution in [1.82, 2.24) is 9.55 Å². The highest BCUT2D eigenvalue weighted by Gasteiger charge is 2.20. The highest BCUT2D eigenvalue weighted by atomic mass is 16.5. The maximum Gasteiger partial charge on any atom is 0.326 e. The number of hydrogen-bond acceptors (Lipinski definition) is 4. The van der Waals surface area contributed by atoms with Crippen LogP contribution in [0.3, 0.4) is 0 Å². The Hall–Kier alpha value is -3.15. The third-order valence-electron chi connectivity index (χ3n) is 4.30.